The largest absolute Gasteiger partial charge is 0.461 e. The van der Waals surface area contributed by atoms with E-state index in [1.165, 1.54) is 51.4 Å². The van der Waals surface area contributed by atoms with Crippen LogP contribution < -0.4 is 0 Å². The number of allylic oxidation sites excluding steroid dienone is 2. The van der Waals surface area contributed by atoms with Gasteiger partial charge in [-0.2, -0.15) is 0 Å². The third kappa shape index (κ3) is 4.57. The molecule has 0 radical (unpaired) electrons. The van der Waals surface area contributed by atoms with Gasteiger partial charge in [0.1, 0.15) is 6.61 Å². The van der Waals surface area contributed by atoms with Gasteiger partial charge in [0.05, 0.1) is 6.10 Å². The average Bonchev–Trinajstić information content (AvgIpc) is 2.94. The summed E-state index contributed by atoms with van der Waals surface area (Å²) in [6, 6.07) is 10.1. The number of hydrogen-bond acceptors (Lipinski definition) is 3. The Morgan fingerprint density at radius 3 is 2.33 bits per heavy atom. The molecule has 3 nitrogen and oxygen atoms in total. The number of rotatable bonds is 5. The molecule has 232 valence electrons. The van der Waals surface area contributed by atoms with Crippen LogP contribution in [0.5, 0.6) is 0 Å². The van der Waals surface area contributed by atoms with Gasteiger partial charge in [-0.25, -0.2) is 0 Å². The van der Waals surface area contributed by atoms with Crippen LogP contribution in [-0.4, -0.2) is 17.2 Å². The lowest BCUT2D eigenvalue weighted by Gasteiger charge is -2.71. The van der Waals surface area contributed by atoms with Crippen molar-refractivity contribution < 1.29 is 14.6 Å². The molecule has 8 atom stereocenters. The fourth-order valence-corrected chi connectivity index (χ4v) is 11.9. The molecule has 0 aromatic heterocycles. The van der Waals surface area contributed by atoms with Crippen LogP contribution in [0.3, 0.4) is 0 Å². The van der Waals surface area contributed by atoms with E-state index >= 15 is 0 Å². The second-order valence-corrected chi connectivity index (χ2v) is 17.6. The number of aliphatic hydroxyl groups excluding tert-OH is 1. The molecule has 4 fully saturated rings. The van der Waals surface area contributed by atoms with E-state index in [1.807, 2.05) is 30.3 Å². The van der Waals surface area contributed by atoms with E-state index in [2.05, 4.69) is 54.5 Å². The number of hydrogen-bond donors (Lipinski definition) is 1. The van der Waals surface area contributed by atoms with Gasteiger partial charge in [0.15, 0.2) is 0 Å². The zero-order chi connectivity index (χ0) is 30.2. The highest BCUT2D eigenvalue weighted by Gasteiger charge is 2.68. The third-order valence-corrected chi connectivity index (χ3v) is 14.9. The molecular formula is C39H58O3. The Morgan fingerprint density at radius 2 is 1.60 bits per heavy atom. The van der Waals surface area contributed by atoms with E-state index in [0.29, 0.717) is 36.2 Å². The summed E-state index contributed by atoms with van der Waals surface area (Å²) in [5, 5.41) is 11.0. The van der Waals surface area contributed by atoms with E-state index in [0.717, 1.165) is 24.8 Å². The van der Waals surface area contributed by atoms with Crippen LogP contribution in [0.2, 0.25) is 0 Å². The van der Waals surface area contributed by atoms with Crippen LogP contribution >= 0.6 is 0 Å². The Morgan fingerprint density at radius 1 is 0.881 bits per heavy atom. The first-order chi connectivity index (χ1) is 19.7. The van der Waals surface area contributed by atoms with Gasteiger partial charge in [0.2, 0.25) is 0 Å². The second-order valence-electron chi connectivity index (χ2n) is 17.6. The number of aliphatic hydroxyl groups is 1. The van der Waals surface area contributed by atoms with Crippen molar-refractivity contribution in [1.29, 1.82) is 0 Å². The SMILES string of the molecule is CC1(C)CC[C@]2(CCC(=O)OCc3ccccc3)CC[C@]3(C)C(=CC[C@@H]4[C@@]5(C)CC[C@H](O)C(C)(C)[C@@H]5CC[C@]43C)[C@@H]2C1. The van der Waals surface area contributed by atoms with Crippen molar-refractivity contribution >= 4 is 5.97 Å². The predicted molar refractivity (Wildman–Crippen MR) is 171 cm³/mol. The molecule has 0 heterocycles. The molecule has 3 heteroatoms. The monoisotopic (exact) mass is 574 g/mol. The van der Waals surface area contributed by atoms with Gasteiger partial charge in [0.25, 0.3) is 0 Å². The van der Waals surface area contributed by atoms with Gasteiger partial charge in [0, 0.05) is 6.42 Å². The molecule has 42 heavy (non-hydrogen) atoms. The normalized spacial score (nSPS) is 43.6. The van der Waals surface area contributed by atoms with Crippen LogP contribution in [-0.2, 0) is 16.1 Å². The first-order valence-corrected chi connectivity index (χ1v) is 17.3. The molecule has 1 aromatic carbocycles. The van der Waals surface area contributed by atoms with Crippen molar-refractivity contribution in [3.63, 3.8) is 0 Å². The Kier molecular flexibility index (Phi) is 7.40. The van der Waals surface area contributed by atoms with Crippen molar-refractivity contribution in [2.24, 2.45) is 50.2 Å². The smallest absolute Gasteiger partial charge is 0.306 e. The van der Waals surface area contributed by atoms with Crippen molar-refractivity contribution in [3.8, 4) is 0 Å². The number of benzene rings is 1. The summed E-state index contributed by atoms with van der Waals surface area (Å²) in [5.74, 6) is 1.78. The highest BCUT2D eigenvalue weighted by atomic mass is 16.5. The number of fused-ring (bicyclic) bond motifs is 7. The molecule has 6 rings (SSSR count). The maximum Gasteiger partial charge on any atom is 0.306 e. The Hall–Kier alpha value is -1.61. The van der Waals surface area contributed by atoms with Gasteiger partial charge in [-0.15, -0.1) is 0 Å². The topological polar surface area (TPSA) is 46.5 Å². The molecule has 4 saturated carbocycles. The molecule has 0 bridgehead atoms. The second kappa shape index (κ2) is 10.2. The van der Waals surface area contributed by atoms with E-state index < -0.39 is 0 Å². The maximum absolute atomic E-state index is 13.0. The lowest BCUT2D eigenvalue weighted by atomic mass is 9.33. The quantitative estimate of drug-likeness (QED) is 0.281. The Labute approximate surface area is 256 Å². The standard InChI is InChI=1S/C39H58O3/c1-34(2)21-23-39(20-17-33(41)42-26-27-11-9-8-10-12-27)24-22-37(6)28(29(39)25-34)13-14-31-36(5)18-16-32(40)35(3,4)30(36)15-19-38(31,37)7/h8-13,29-32,40H,14-26H2,1-7H3/t29-,30-,31+,32-,36-,37+,38+,39+/m0/s1. The first-order valence-electron chi connectivity index (χ1n) is 17.3. The number of esters is 1. The molecule has 1 aromatic rings. The summed E-state index contributed by atoms with van der Waals surface area (Å²) in [7, 11) is 0. The van der Waals surface area contributed by atoms with Crippen molar-refractivity contribution in [1.82, 2.24) is 0 Å². The van der Waals surface area contributed by atoms with Crippen LogP contribution in [0.4, 0.5) is 0 Å². The van der Waals surface area contributed by atoms with Gasteiger partial charge in [-0.3, -0.25) is 4.79 Å². The van der Waals surface area contributed by atoms with Gasteiger partial charge >= 0.3 is 5.97 Å². The van der Waals surface area contributed by atoms with E-state index in [4.69, 9.17) is 4.74 Å². The van der Waals surface area contributed by atoms with E-state index in [9.17, 15) is 9.90 Å². The van der Waals surface area contributed by atoms with Crippen molar-refractivity contribution in [3.05, 3.63) is 47.5 Å². The molecular weight excluding hydrogens is 516 g/mol. The maximum atomic E-state index is 13.0. The summed E-state index contributed by atoms with van der Waals surface area (Å²) < 4.78 is 5.76. The Bertz CT molecular complexity index is 1210. The number of carbonyl (C=O) groups excluding carboxylic acids is 1. The van der Waals surface area contributed by atoms with Crippen molar-refractivity contribution in [2.75, 3.05) is 0 Å². The van der Waals surface area contributed by atoms with Gasteiger partial charge in [-0.1, -0.05) is 90.4 Å². The van der Waals surface area contributed by atoms with Crippen LogP contribution in [0.25, 0.3) is 0 Å². The zero-order valence-electron chi connectivity index (χ0n) is 27.7. The molecule has 0 aliphatic heterocycles. The minimum absolute atomic E-state index is 0.0105. The van der Waals surface area contributed by atoms with Crippen LogP contribution in [0.15, 0.2) is 42.0 Å². The summed E-state index contributed by atoms with van der Waals surface area (Å²) in [6.07, 6.45) is 16.1. The summed E-state index contributed by atoms with van der Waals surface area (Å²) >= 11 is 0. The van der Waals surface area contributed by atoms with E-state index in [-0.39, 0.29) is 39.1 Å². The summed E-state index contributed by atoms with van der Waals surface area (Å²) in [4.78, 5) is 13.0. The fourth-order valence-electron chi connectivity index (χ4n) is 11.9. The Balaban J connectivity index is 1.27. The van der Waals surface area contributed by atoms with Crippen LogP contribution in [0, 0.1) is 50.2 Å². The predicted octanol–water partition coefficient (Wildman–Crippen LogP) is 9.67. The lowest BCUT2D eigenvalue weighted by molar-refractivity contribution is -0.203. The van der Waals surface area contributed by atoms with Gasteiger partial charge in [-0.05, 0) is 126 Å². The lowest BCUT2D eigenvalue weighted by Crippen LogP contribution is -2.64. The number of ether oxygens (including phenoxy) is 1. The molecule has 5 aliphatic carbocycles. The molecule has 0 amide bonds. The summed E-state index contributed by atoms with van der Waals surface area (Å²) in [6.45, 7) is 18.0. The van der Waals surface area contributed by atoms with E-state index in [1.54, 1.807) is 5.57 Å². The highest BCUT2D eigenvalue weighted by molar-refractivity contribution is 5.69. The third-order valence-electron chi connectivity index (χ3n) is 14.9. The highest BCUT2D eigenvalue weighted by Crippen LogP contribution is 2.76. The fraction of sp³-hybridized carbons (Fsp3) is 0.769. The number of carbonyl (C=O) groups is 1. The molecule has 0 spiro atoms. The van der Waals surface area contributed by atoms with Crippen LogP contribution in [0.1, 0.15) is 131 Å². The minimum Gasteiger partial charge on any atom is -0.461 e. The summed E-state index contributed by atoms with van der Waals surface area (Å²) in [5.41, 5.74) is 4.13. The first kappa shape index (κ1) is 30.4. The minimum atomic E-state index is -0.177. The zero-order valence-corrected chi connectivity index (χ0v) is 27.7. The molecule has 0 saturated heterocycles. The van der Waals surface area contributed by atoms with Gasteiger partial charge < -0.3 is 9.84 Å². The molecule has 5 aliphatic rings. The van der Waals surface area contributed by atoms with Crippen molar-refractivity contribution in [2.45, 2.75) is 138 Å². The average molecular weight is 575 g/mol. The molecule has 1 N–H and O–H groups in total. The molecule has 0 unspecified atom stereocenters.